The van der Waals surface area contributed by atoms with E-state index in [0.717, 1.165) is 0 Å². The van der Waals surface area contributed by atoms with Gasteiger partial charge in [-0.15, -0.1) is 0 Å². The first-order valence-electron chi connectivity index (χ1n) is 5.20. The number of hydrogen-bond acceptors (Lipinski definition) is 3. The molecule has 0 spiro atoms. The minimum absolute atomic E-state index is 0.0585. The lowest BCUT2D eigenvalue weighted by atomic mass is 10.1. The molecule has 0 saturated heterocycles. The Morgan fingerprint density at radius 1 is 1.39 bits per heavy atom. The van der Waals surface area contributed by atoms with Gasteiger partial charge < -0.3 is 9.15 Å². The zero-order chi connectivity index (χ0) is 13.1. The third-order valence-corrected chi connectivity index (χ3v) is 2.66. The number of halogens is 2. The van der Waals surface area contributed by atoms with Gasteiger partial charge in [-0.25, -0.2) is 4.39 Å². The first-order chi connectivity index (χ1) is 8.63. The summed E-state index contributed by atoms with van der Waals surface area (Å²) in [5.74, 6) is -0.724. The van der Waals surface area contributed by atoms with Crippen molar-refractivity contribution >= 4 is 17.4 Å². The second-order valence-electron chi connectivity index (χ2n) is 3.63. The van der Waals surface area contributed by atoms with Gasteiger partial charge >= 0.3 is 0 Å². The predicted octanol–water partition coefficient (Wildman–Crippen LogP) is 3.45. The Kier molecular flexibility index (Phi) is 3.79. The second-order valence-corrected chi connectivity index (χ2v) is 4.04. The molecule has 2 rings (SSSR count). The van der Waals surface area contributed by atoms with Crippen LogP contribution in [0.5, 0.6) is 0 Å². The molecule has 0 aliphatic heterocycles. The molecule has 1 heterocycles. The van der Waals surface area contributed by atoms with Gasteiger partial charge in [0.05, 0.1) is 10.6 Å². The van der Waals surface area contributed by atoms with Gasteiger partial charge in [0.2, 0.25) is 5.78 Å². The Morgan fingerprint density at radius 2 is 2.17 bits per heavy atom. The molecule has 0 radical (unpaired) electrons. The van der Waals surface area contributed by atoms with Crippen LogP contribution in [0.4, 0.5) is 4.39 Å². The van der Waals surface area contributed by atoms with E-state index >= 15 is 0 Å². The van der Waals surface area contributed by atoms with E-state index in [-0.39, 0.29) is 23.0 Å². The van der Waals surface area contributed by atoms with Crippen molar-refractivity contribution in [3.63, 3.8) is 0 Å². The van der Waals surface area contributed by atoms with Crippen molar-refractivity contribution in [2.45, 2.75) is 6.61 Å². The second kappa shape index (κ2) is 5.33. The SMILES string of the molecule is COCc1ccc(C(=O)c2cccc(Cl)c2F)o1. The Bertz CT molecular complexity index is 577. The summed E-state index contributed by atoms with van der Waals surface area (Å²) in [6, 6.07) is 7.35. The van der Waals surface area contributed by atoms with Gasteiger partial charge in [-0.2, -0.15) is 0 Å². The molecule has 5 heteroatoms. The van der Waals surface area contributed by atoms with Crippen LogP contribution in [0.1, 0.15) is 21.9 Å². The van der Waals surface area contributed by atoms with Crippen LogP contribution in [0.3, 0.4) is 0 Å². The van der Waals surface area contributed by atoms with Crippen LogP contribution in [0.2, 0.25) is 5.02 Å². The molecular formula is C13H10ClFO3. The third-order valence-electron chi connectivity index (χ3n) is 2.37. The van der Waals surface area contributed by atoms with Gasteiger partial charge in [0.25, 0.3) is 0 Å². The molecule has 0 N–H and O–H groups in total. The maximum absolute atomic E-state index is 13.7. The number of hydrogen-bond donors (Lipinski definition) is 0. The molecule has 94 valence electrons. The van der Waals surface area contributed by atoms with Crippen molar-refractivity contribution in [1.29, 1.82) is 0 Å². The summed E-state index contributed by atoms with van der Waals surface area (Å²) in [4.78, 5) is 12.0. The summed E-state index contributed by atoms with van der Waals surface area (Å²) < 4.78 is 23.8. The molecule has 2 aromatic rings. The molecule has 0 bridgehead atoms. The van der Waals surface area contributed by atoms with Crippen LogP contribution < -0.4 is 0 Å². The summed E-state index contributed by atoms with van der Waals surface area (Å²) >= 11 is 5.62. The molecule has 1 aromatic heterocycles. The lowest BCUT2D eigenvalue weighted by molar-refractivity contribution is 0.0996. The zero-order valence-corrected chi connectivity index (χ0v) is 10.3. The fourth-order valence-electron chi connectivity index (χ4n) is 1.53. The highest BCUT2D eigenvalue weighted by atomic mass is 35.5. The number of benzene rings is 1. The van der Waals surface area contributed by atoms with Crippen LogP contribution in [-0.2, 0) is 11.3 Å². The van der Waals surface area contributed by atoms with Gasteiger partial charge in [-0.05, 0) is 24.3 Å². The normalized spacial score (nSPS) is 10.6. The highest BCUT2D eigenvalue weighted by Gasteiger charge is 2.19. The first kappa shape index (κ1) is 12.8. The average molecular weight is 269 g/mol. The number of rotatable bonds is 4. The predicted molar refractivity (Wildman–Crippen MR) is 64.3 cm³/mol. The molecule has 0 aliphatic carbocycles. The maximum atomic E-state index is 13.7. The Hall–Kier alpha value is -1.65. The van der Waals surface area contributed by atoms with Crippen molar-refractivity contribution in [3.05, 3.63) is 58.3 Å². The molecule has 0 saturated carbocycles. The topological polar surface area (TPSA) is 39.4 Å². The van der Waals surface area contributed by atoms with Gasteiger partial charge in [0, 0.05) is 7.11 Å². The molecule has 0 aliphatic rings. The number of furan rings is 1. The van der Waals surface area contributed by atoms with E-state index in [9.17, 15) is 9.18 Å². The molecule has 3 nitrogen and oxygen atoms in total. The van der Waals surface area contributed by atoms with Crippen LogP contribution in [0, 0.1) is 5.82 Å². The molecular weight excluding hydrogens is 259 g/mol. The fraction of sp³-hybridized carbons (Fsp3) is 0.154. The minimum Gasteiger partial charge on any atom is -0.455 e. The van der Waals surface area contributed by atoms with Crippen molar-refractivity contribution in [3.8, 4) is 0 Å². The molecule has 0 fully saturated rings. The zero-order valence-electron chi connectivity index (χ0n) is 9.57. The molecule has 0 atom stereocenters. The summed E-state index contributed by atoms with van der Waals surface area (Å²) in [6.07, 6.45) is 0. The number of ketones is 1. The standard InChI is InChI=1S/C13H10ClFO3/c1-17-7-8-5-6-11(18-8)13(16)9-3-2-4-10(14)12(9)15/h2-6H,7H2,1H3. The molecule has 18 heavy (non-hydrogen) atoms. The van der Waals surface area contributed by atoms with Gasteiger partial charge in [0.1, 0.15) is 12.4 Å². The van der Waals surface area contributed by atoms with Crippen molar-refractivity contribution in [2.24, 2.45) is 0 Å². The number of methoxy groups -OCH3 is 1. The highest BCUT2D eigenvalue weighted by Crippen LogP contribution is 2.21. The lowest BCUT2D eigenvalue weighted by Gasteiger charge is -2.01. The van der Waals surface area contributed by atoms with Gasteiger partial charge in [0.15, 0.2) is 11.6 Å². The number of ether oxygens (including phenoxy) is 1. The number of carbonyl (C=O) groups is 1. The summed E-state index contributed by atoms with van der Waals surface area (Å²) in [5.41, 5.74) is -0.110. The van der Waals surface area contributed by atoms with E-state index < -0.39 is 11.6 Å². The van der Waals surface area contributed by atoms with E-state index in [1.54, 1.807) is 6.07 Å². The molecule has 0 unspecified atom stereocenters. The first-order valence-corrected chi connectivity index (χ1v) is 5.57. The van der Waals surface area contributed by atoms with E-state index in [1.807, 2.05) is 0 Å². The Balaban J connectivity index is 2.32. The maximum Gasteiger partial charge on any atom is 0.231 e. The largest absolute Gasteiger partial charge is 0.455 e. The quantitative estimate of drug-likeness (QED) is 0.797. The van der Waals surface area contributed by atoms with E-state index in [2.05, 4.69) is 0 Å². The third kappa shape index (κ3) is 2.44. The lowest BCUT2D eigenvalue weighted by Crippen LogP contribution is -2.03. The summed E-state index contributed by atoms with van der Waals surface area (Å²) in [5, 5.41) is -0.0930. The summed E-state index contributed by atoms with van der Waals surface area (Å²) in [7, 11) is 1.51. The van der Waals surface area contributed by atoms with E-state index in [0.29, 0.717) is 5.76 Å². The summed E-state index contributed by atoms with van der Waals surface area (Å²) in [6.45, 7) is 0.255. The van der Waals surface area contributed by atoms with E-state index in [1.165, 1.54) is 31.4 Å². The smallest absolute Gasteiger partial charge is 0.231 e. The van der Waals surface area contributed by atoms with Crippen LogP contribution >= 0.6 is 11.6 Å². The van der Waals surface area contributed by atoms with Gasteiger partial charge in [-0.3, -0.25) is 4.79 Å². The van der Waals surface area contributed by atoms with Crippen LogP contribution in [-0.4, -0.2) is 12.9 Å². The minimum atomic E-state index is -0.742. The Morgan fingerprint density at radius 3 is 2.89 bits per heavy atom. The van der Waals surface area contributed by atoms with Crippen molar-refractivity contribution in [2.75, 3.05) is 7.11 Å². The average Bonchev–Trinajstić information content (AvgIpc) is 2.81. The van der Waals surface area contributed by atoms with Crippen molar-refractivity contribution in [1.82, 2.24) is 0 Å². The van der Waals surface area contributed by atoms with Gasteiger partial charge in [-0.1, -0.05) is 17.7 Å². The van der Waals surface area contributed by atoms with Crippen molar-refractivity contribution < 1.29 is 18.3 Å². The molecule has 0 amide bonds. The fourth-order valence-corrected chi connectivity index (χ4v) is 1.71. The molecule has 1 aromatic carbocycles. The monoisotopic (exact) mass is 268 g/mol. The van der Waals surface area contributed by atoms with Crippen LogP contribution in [0.15, 0.2) is 34.7 Å². The van der Waals surface area contributed by atoms with E-state index in [4.69, 9.17) is 20.8 Å². The highest BCUT2D eigenvalue weighted by molar-refractivity contribution is 6.31. The van der Waals surface area contributed by atoms with Crippen LogP contribution in [0.25, 0.3) is 0 Å². The Labute approximate surface area is 108 Å². The number of carbonyl (C=O) groups excluding carboxylic acids is 1.